The van der Waals surface area contributed by atoms with E-state index in [0.717, 1.165) is 22.5 Å². The lowest BCUT2D eigenvalue weighted by Gasteiger charge is -2.12. The molecular weight excluding hydrogens is 377 g/mol. The quantitative estimate of drug-likeness (QED) is 0.697. The number of carbonyl (C=O) groups excluding carboxylic acids is 2. The summed E-state index contributed by atoms with van der Waals surface area (Å²) in [7, 11) is 0.0641. The fourth-order valence-corrected chi connectivity index (χ4v) is 3.09. The molecule has 0 bridgehead atoms. The minimum atomic E-state index is -3.83. The number of halogens is 1. The molecule has 0 heterocycles. The van der Waals surface area contributed by atoms with Crippen molar-refractivity contribution in [2.24, 2.45) is 0 Å². The monoisotopic (exact) mass is 395 g/mol. The largest absolute Gasteiger partial charge is 0.465 e. The molecule has 27 heavy (non-hydrogen) atoms. The molecule has 0 amide bonds. The van der Waals surface area contributed by atoms with Crippen LogP contribution in [0.1, 0.15) is 26.3 Å². The number of rotatable bonds is 6. The third kappa shape index (κ3) is 4.69. The number of benzene rings is 2. The molecule has 0 aliphatic carbocycles. The molecule has 0 saturated heterocycles. The number of nitrogens with zero attached hydrogens (tertiary/aromatic N) is 1. The predicted octanol–water partition coefficient (Wildman–Crippen LogP) is 2.22. The molecular formula is C18H18FNO6S. The zero-order chi connectivity index (χ0) is 20.2. The summed E-state index contributed by atoms with van der Waals surface area (Å²) < 4.78 is 48.9. The fraction of sp³-hybridized carbons (Fsp3) is 0.222. The summed E-state index contributed by atoms with van der Waals surface area (Å²) in [5, 5.41) is 0. The van der Waals surface area contributed by atoms with Gasteiger partial charge in [-0.3, -0.25) is 0 Å². The predicted molar refractivity (Wildman–Crippen MR) is 94.2 cm³/mol. The van der Waals surface area contributed by atoms with Crippen LogP contribution in [0.25, 0.3) is 0 Å². The van der Waals surface area contributed by atoms with Gasteiger partial charge in [0.1, 0.15) is 12.4 Å². The highest BCUT2D eigenvalue weighted by atomic mass is 32.2. The highest BCUT2D eigenvalue weighted by Gasteiger charge is 2.22. The first-order valence-electron chi connectivity index (χ1n) is 7.73. The Morgan fingerprint density at radius 3 is 2.41 bits per heavy atom. The molecule has 9 heteroatoms. The van der Waals surface area contributed by atoms with Crippen molar-refractivity contribution >= 4 is 22.0 Å². The minimum absolute atomic E-state index is 0.228. The maximum atomic E-state index is 14.0. The van der Waals surface area contributed by atoms with E-state index in [1.165, 1.54) is 33.3 Å². The molecule has 0 fully saturated rings. The van der Waals surface area contributed by atoms with Crippen LogP contribution in [0.2, 0.25) is 0 Å². The van der Waals surface area contributed by atoms with E-state index in [9.17, 15) is 22.4 Å². The van der Waals surface area contributed by atoms with Crippen molar-refractivity contribution in [2.45, 2.75) is 11.5 Å². The van der Waals surface area contributed by atoms with Crippen LogP contribution in [-0.2, 0) is 26.1 Å². The molecule has 0 aliphatic rings. The molecule has 0 aromatic heterocycles. The Bertz CT molecular complexity index is 972. The first-order chi connectivity index (χ1) is 12.7. The second kappa shape index (κ2) is 8.28. The zero-order valence-electron chi connectivity index (χ0n) is 14.9. The average Bonchev–Trinajstić information content (AvgIpc) is 2.65. The number of carbonyl (C=O) groups is 2. The maximum Gasteiger partial charge on any atom is 0.341 e. The first kappa shape index (κ1) is 20.5. The van der Waals surface area contributed by atoms with Crippen LogP contribution >= 0.6 is 0 Å². The fourth-order valence-electron chi connectivity index (χ4n) is 2.16. The molecule has 7 nitrogen and oxygen atoms in total. The Morgan fingerprint density at radius 2 is 1.78 bits per heavy atom. The van der Waals surface area contributed by atoms with Crippen LogP contribution in [-0.4, -0.2) is 45.9 Å². The van der Waals surface area contributed by atoms with E-state index in [1.54, 1.807) is 12.1 Å². The van der Waals surface area contributed by atoms with Crippen molar-refractivity contribution in [3.63, 3.8) is 0 Å². The Hall–Kier alpha value is -2.78. The Balaban J connectivity index is 2.21. The summed E-state index contributed by atoms with van der Waals surface area (Å²) in [6, 6.07) is 9.10. The highest BCUT2D eigenvalue weighted by Crippen LogP contribution is 2.19. The Kier molecular flexibility index (Phi) is 6.29. The molecule has 0 atom stereocenters. The molecule has 144 valence electrons. The summed E-state index contributed by atoms with van der Waals surface area (Å²) in [6.45, 7) is -0.228. The number of hydrogen-bond donors (Lipinski definition) is 0. The van der Waals surface area contributed by atoms with Crippen molar-refractivity contribution in [3.8, 4) is 0 Å². The normalized spacial score (nSPS) is 11.3. The lowest BCUT2D eigenvalue weighted by Crippen LogP contribution is -2.22. The second-order valence-corrected chi connectivity index (χ2v) is 7.85. The minimum Gasteiger partial charge on any atom is -0.465 e. The van der Waals surface area contributed by atoms with Crippen LogP contribution in [0.3, 0.4) is 0 Å². The number of hydrogen-bond acceptors (Lipinski definition) is 6. The molecule has 0 radical (unpaired) electrons. The van der Waals surface area contributed by atoms with Gasteiger partial charge in [-0.2, -0.15) is 0 Å². The lowest BCUT2D eigenvalue weighted by molar-refractivity contribution is 0.0467. The Labute approximate surface area is 156 Å². The van der Waals surface area contributed by atoms with Gasteiger partial charge in [0, 0.05) is 14.1 Å². The van der Waals surface area contributed by atoms with Crippen LogP contribution < -0.4 is 0 Å². The van der Waals surface area contributed by atoms with Crippen LogP contribution in [0.4, 0.5) is 4.39 Å². The van der Waals surface area contributed by atoms with Gasteiger partial charge in [0.05, 0.1) is 23.1 Å². The molecule has 2 aromatic rings. The van der Waals surface area contributed by atoms with Gasteiger partial charge in [-0.15, -0.1) is 0 Å². The van der Waals surface area contributed by atoms with Crippen molar-refractivity contribution in [3.05, 3.63) is 65.0 Å². The molecule has 0 unspecified atom stereocenters. The third-order valence-corrected chi connectivity index (χ3v) is 5.47. The Morgan fingerprint density at radius 1 is 1.07 bits per heavy atom. The van der Waals surface area contributed by atoms with Crippen molar-refractivity contribution in [1.82, 2.24) is 4.31 Å². The summed E-state index contributed by atoms with van der Waals surface area (Å²) in [5.41, 5.74) is 0.266. The lowest BCUT2D eigenvalue weighted by atomic mass is 10.1. The van der Waals surface area contributed by atoms with Gasteiger partial charge < -0.3 is 9.47 Å². The standard InChI is InChI=1S/C18H18FNO6S/c1-20(2)27(23,24)14-7-8-16(19)15(10-14)18(22)26-11-12-5-4-6-13(9-12)17(21)25-3/h4-10H,11H2,1-3H3. The van der Waals surface area contributed by atoms with Crippen LogP contribution in [0, 0.1) is 5.82 Å². The molecule has 0 aliphatic heterocycles. The third-order valence-electron chi connectivity index (χ3n) is 3.65. The summed E-state index contributed by atoms with van der Waals surface area (Å²) in [6.07, 6.45) is 0. The van der Waals surface area contributed by atoms with E-state index in [0.29, 0.717) is 5.56 Å². The summed E-state index contributed by atoms with van der Waals surface area (Å²) >= 11 is 0. The summed E-state index contributed by atoms with van der Waals surface area (Å²) in [4.78, 5) is 23.5. The first-order valence-corrected chi connectivity index (χ1v) is 9.17. The topological polar surface area (TPSA) is 90.0 Å². The van der Waals surface area contributed by atoms with Crippen molar-refractivity contribution in [2.75, 3.05) is 21.2 Å². The SMILES string of the molecule is COC(=O)c1cccc(COC(=O)c2cc(S(=O)(=O)N(C)C)ccc2F)c1. The van der Waals surface area contributed by atoms with Gasteiger partial charge >= 0.3 is 11.9 Å². The molecule has 2 rings (SSSR count). The van der Waals surface area contributed by atoms with E-state index in [-0.39, 0.29) is 17.1 Å². The van der Waals surface area contributed by atoms with Gasteiger partial charge in [-0.05, 0) is 35.9 Å². The molecule has 0 spiro atoms. The number of ether oxygens (including phenoxy) is 2. The number of methoxy groups -OCH3 is 1. The van der Waals surface area contributed by atoms with Crippen molar-refractivity contribution in [1.29, 1.82) is 0 Å². The zero-order valence-corrected chi connectivity index (χ0v) is 15.7. The van der Waals surface area contributed by atoms with E-state index in [4.69, 9.17) is 4.74 Å². The smallest absolute Gasteiger partial charge is 0.341 e. The summed E-state index contributed by atoms with van der Waals surface area (Å²) in [5.74, 6) is -2.47. The van der Waals surface area contributed by atoms with Crippen LogP contribution in [0.5, 0.6) is 0 Å². The number of sulfonamides is 1. The highest BCUT2D eigenvalue weighted by molar-refractivity contribution is 7.89. The average molecular weight is 395 g/mol. The molecule has 2 aromatic carbocycles. The van der Waals surface area contributed by atoms with Gasteiger partial charge in [-0.1, -0.05) is 12.1 Å². The van der Waals surface area contributed by atoms with Crippen molar-refractivity contribution < 1.29 is 31.9 Å². The van der Waals surface area contributed by atoms with E-state index < -0.39 is 33.3 Å². The van der Waals surface area contributed by atoms with E-state index in [2.05, 4.69) is 4.74 Å². The van der Waals surface area contributed by atoms with E-state index in [1.807, 2.05) is 0 Å². The second-order valence-electron chi connectivity index (χ2n) is 5.70. The molecule has 0 N–H and O–H groups in total. The maximum absolute atomic E-state index is 14.0. The van der Waals surface area contributed by atoms with Crippen LogP contribution in [0.15, 0.2) is 47.4 Å². The van der Waals surface area contributed by atoms with Gasteiger partial charge in [-0.25, -0.2) is 26.7 Å². The number of esters is 2. The van der Waals surface area contributed by atoms with Gasteiger partial charge in [0.25, 0.3) is 0 Å². The van der Waals surface area contributed by atoms with E-state index >= 15 is 0 Å². The van der Waals surface area contributed by atoms with Gasteiger partial charge in [0.2, 0.25) is 10.0 Å². The van der Waals surface area contributed by atoms with Gasteiger partial charge in [0.15, 0.2) is 0 Å². The molecule has 0 saturated carbocycles.